The van der Waals surface area contributed by atoms with Crippen molar-refractivity contribution in [3.05, 3.63) is 93.2 Å². The number of hydrogen-bond donors (Lipinski definition) is 2. The lowest BCUT2D eigenvalue weighted by molar-refractivity contribution is 0.0949. The number of hydrogen-bond acceptors (Lipinski definition) is 5. The molecule has 0 bridgehead atoms. The molecule has 0 aliphatic carbocycles. The smallest absolute Gasteiger partial charge is 0.291 e. The predicted molar refractivity (Wildman–Crippen MR) is 122 cm³/mol. The molecule has 2 heterocycles. The molecule has 2 N–H and O–H groups in total. The summed E-state index contributed by atoms with van der Waals surface area (Å²) in [6, 6.07) is 17.4. The van der Waals surface area contributed by atoms with Gasteiger partial charge in [-0.15, -0.1) is 11.3 Å². The Kier molecular flexibility index (Phi) is 6.16. The van der Waals surface area contributed by atoms with Crippen LogP contribution in [0.3, 0.4) is 0 Å². The molecule has 0 radical (unpaired) electrons. The van der Waals surface area contributed by atoms with E-state index in [4.69, 9.17) is 16.0 Å². The molecule has 4 aromatic rings. The molecule has 156 valence electrons. The topological polar surface area (TPSA) is 84.2 Å². The third kappa shape index (κ3) is 5.02. The van der Waals surface area contributed by atoms with Crippen molar-refractivity contribution in [3.63, 3.8) is 0 Å². The lowest BCUT2D eigenvalue weighted by Gasteiger charge is -2.07. The third-order valence-electron chi connectivity index (χ3n) is 4.49. The van der Waals surface area contributed by atoms with E-state index in [1.54, 1.807) is 36.4 Å². The highest BCUT2D eigenvalue weighted by Gasteiger charge is 2.13. The number of aryl methyl sites for hydroxylation is 1. The molecule has 31 heavy (non-hydrogen) atoms. The maximum Gasteiger partial charge on any atom is 0.291 e. The van der Waals surface area contributed by atoms with Gasteiger partial charge in [-0.05, 0) is 49.4 Å². The molecular formula is C23H18ClN3O3S. The lowest BCUT2D eigenvalue weighted by Crippen LogP contribution is -2.23. The van der Waals surface area contributed by atoms with Gasteiger partial charge in [0.25, 0.3) is 11.8 Å². The predicted octanol–water partition coefficient (Wildman–Crippen LogP) is 5.55. The van der Waals surface area contributed by atoms with E-state index < -0.39 is 0 Å². The fourth-order valence-corrected chi connectivity index (χ4v) is 4.02. The first-order valence-corrected chi connectivity index (χ1v) is 10.6. The minimum absolute atomic E-state index is 0.200. The van der Waals surface area contributed by atoms with Gasteiger partial charge in [-0.25, -0.2) is 4.98 Å². The summed E-state index contributed by atoms with van der Waals surface area (Å²) in [5, 5.41) is 7.07. The lowest BCUT2D eigenvalue weighted by atomic mass is 10.1. The number of anilines is 1. The maximum absolute atomic E-state index is 12.6. The molecule has 0 aliphatic heterocycles. The van der Waals surface area contributed by atoms with Crippen molar-refractivity contribution in [3.8, 4) is 11.3 Å². The number of thiazole rings is 1. The van der Waals surface area contributed by atoms with Crippen LogP contribution in [-0.4, -0.2) is 16.8 Å². The highest BCUT2D eigenvalue weighted by molar-refractivity contribution is 7.12. The van der Waals surface area contributed by atoms with Crippen LogP contribution in [0.5, 0.6) is 0 Å². The summed E-state index contributed by atoms with van der Waals surface area (Å²) < 4.78 is 5.08. The van der Waals surface area contributed by atoms with Crippen LogP contribution in [0.4, 0.5) is 5.69 Å². The van der Waals surface area contributed by atoms with Crippen LogP contribution < -0.4 is 10.6 Å². The second kappa shape index (κ2) is 9.16. The van der Waals surface area contributed by atoms with Crippen LogP contribution >= 0.6 is 22.9 Å². The quantitative estimate of drug-likeness (QED) is 0.402. The molecule has 0 fully saturated rings. The second-order valence-electron chi connectivity index (χ2n) is 6.71. The second-order valence-corrected chi connectivity index (χ2v) is 8.44. The third-order valence-corrected chi connectivity index (χ3v) is 5.71. The van der Waals surface area contributed by atoms with E-state index in [1.165, 1.54) is 17.6 Å². The molecule has 0 unspecified atom stereocenters. The van der Waals surface area contributed by atoms with Crippen LogP contribution in [0.25, 0.3) is 11.3 Å². The van der Waals surface area contributed by atoms with Gasteiger partial charge < -0.3 is 15.1 Å². The van der Waals surface area contributed by atoms with Gasteiger partial charge in [-0.3, -0.25) is 9.59 Å². The number of benzene rings is 2. The van der Waals surface area contributed by atoms with Crippen LogP contribution in [-0.2, 0) is 6.54 Å². The van der Waals surface area contributed by atoms with E-state index in [-0.39, 0.29) is 17.6 Å². The van der Waals surface area contributed by atoms with Gasteiger partial charge in [0.2, 0.25) is 0 Å². The number of aromatic nitrogens is 1. The van der Waals surface area contributed by atoms with Crippen LogP contribution in [0.2, 0.25) is 5.02 Å². The molecule has 0 saturated carbocycles. The summed E-state index contributed by atoms with van der Waals surface area (Å²) in [6.45, 7) is 2.30. The normalized spacial score (nSPS) is 10.6. The molecule has 2 aromatic heterocycles. The maximum atomic E-state index is 12.6. The van der Waals surface area contributed by atoms with Crippen molar-refractivity contribution in [1.29, 1.82) is 0 Å². The Morgan fingerprint density at radius 3 is 2.61 bits per heavy atom. The van der Waals surface area contributed by atoms with Crippen LogP contribution in [0, 0.1) is 6.92 Å². The first-order valence-electron chi connectivity index (χ1n) is 9.45. The van der Waals surface area contributed by atoms with Gasteiger partial charge in [0.15, 0.2) is 5.76 Å². The number of rotatable bonds is 6. The molecule has 0 saturated heterocycles. The van der Waals surface area contributed by atoms with Crippen molar-refractivity contribution in [2.24, 2.45) is 0 Å². The van der Waals surface area contributed by atoms with Crippen molar-refractivity contribution in [2.45, 2.75) is 13.5 Å². The van der Waals surface area contributed by atoms with E-state index in [1.807, 2.05) is 31.2 Å². The van der Waals surface area contributed by atoms with Gasteiger partial charge in [0.1, 0.15) is 5.01 Å². The summed E-state index contributed by atoms with van der Waals surface area (Å²) in [5.41, 5.74) is 2.80. The Labute approximate surface area is 187 Å². The zero-order valence-electron chi connectivity index (χ0n) is 16.5. The largest absolute Gasteiger partial charge is 0.459 e. The van der Waals surface area contributed by atoms with Crippen LogP contribution in [0.1, 0.15) is 30.8 Å². The first-order chi connectivity index (χ1) is 15.0. The van der Waals surface area contributed by atoms with Gasteiger partial charge in [0, 0.05) is 26.7 Å². The monoisotopic (exact) mass is 451 g/mol. The Morgan fingerprint density at radius 1 is 1.06 bits per heavy atom. The summed E-state index contributed by atoms with van der Waals surface area (Å²) >= 11 is 7.49. The zero-order chi connectivity index (χ0) is 21.8. The van der Waals surface area contributed by atoms with Gasteiger partial charge >= 0.3 is 0 Å². The minimum Gasteiger partial charge on any atom is -0.459 e. The van der Waals surface area contributed by atoms with Crippen molar-refractivity contribution < 1.29 is 14.0 Å². The molecule has 6 nitrogen and oxygen atoms in total. The van der Waals surface area contributed by atoms with E-state index in [0.29, 0.717) is 22.8 Å². The zero-order valence-corrected chi connectivity index (χ0v) is 18.1. The number of furan rings is 1. The number of nitrogens with one attached hydrogen (secondary N) is 2. The van der Waals surface area contributed by atoms with Crippen molar-refractivity contribution in [1.82, 2.24) is 10.3 Å². The minimum atomic E-state index is -0.379. The molecule has 0 atom stereocenters. The number of amides is 2. The molecule has 2 aromatic carbocycles. The highest BCUT2D eigenvalue weighted by atomic mass is 35.5. The molecule has 8 heteroatoms. The number of nitrogens with zero attached hydrogens (tertiary/aromatic N) is 1. The number of carbonyl (C=O) groups excluding carboxylic acids is 2. The van der Waals surface area contributed by atoms with E-state index in [2.05, 4.69) is 15.6 Å². The fraction of sp³-hybridized carbons (Fsp3) is 0.0870. The standard InChI is InChI=1S/C23H18ClN3O3S/c1-14-21(15-7-9-17(24)10-8-15)27-20(31-14)13-25-22(28)16-4-2-5-18(12-16)26-23(29)19-6-3-11-30-19/h2-12H,13H2,1H3,(H,25,28)(H,26,29). The average Bonchev–Trinajstić information content (AvgIpc) is 3.43. The molecule has 0 aliphatic rings. The summed E-state index contributed by atoms with van der Waals surface area (Å²) in [5.74, 6) is -0.434. The molecule has 2 amide bonds. The molecule has 0 spiro atoms. The van der Waals surface area contributed by atoms with E-state index in [9.17, 15) is 9.59 Å². The van der Waals surface area contributed by atoms with E-state index in [0.717, 1.165) is 21.1 Å². The van der Waals surface area contributed by atoms with Gasteiger partial charge in [-0.1, -0.05) is 29.8 Å². The highest BCUT2D eigenvalue weighted by Crippen LogP contribution is 2.28. The summed E-state index contributed by atoms with van der Waals surface area (Å²) in [6.07, 6.45) is 1.43. The Morgan fingerprint density at radius 2 is 1.87 bits per heavy atom. The molecular weight excluding hydrogens is 434 g/mol. The first kappa shape index (κ1) is 20.8. The average molecular weight is 452 g/mol. The summed E-state index contributed by atoms with van der Waals surface area (Å²) in [4.78, 5) is 30.4. The van der Waals surface area contributed by atoms with Crippen molar-refractivity contribution >= 4 is 40.4 Å². The molecule has 4 rings (SSSR count). The Hall–Kier alpha value is -3.42. The SMILES string of the molecule is Cc1sc(CNC(=O)c2cccc(NC(=O)c3ccco3)c2)nc1-c1ccc(Cl)cc1. The Balaban J connectivity index is 1.40. The number of carbonyl (C=O) groups is 2. The van der Waals surface area contributed by atoms with Crippen molar-refractivity contribution in [2.75, 3.05) is 5.32 Å². The van der Waals surface area contributed by atoms with Crippen LogP contribution in [0.15, 0.2) is 71.3 Å². The van der Waals surface area contributed by atoms with Gasteiger partial charge in [0.05, 0.1) is 18.5 Å². The summed E-state index contributed by atoms with van der Waals surface area (Å²) in [7, 11) is 0. The Bertz CT molecular complexity index is 1220. The number of halogens is 1. The van der Waals surface area contributed by atoms with E-state index >= 15 is 0 Å². The van der Waals surface area contributed by atoms with Gasteiger partial charge in [-0.2, -0.15) is 0 Å². The fourth-order valence-electron chi connectivity index (χ4n) is 3.00.